The van der Waals surface area contributed by atoms with E-state index in [1.165, 1.54) is 53.8 Å². The number of hydrazine groups is 1. The van der Waals surface area contributed by atoms with E-state index < -0.39 is 27.7 Å². The molecule has 2 aliphatic heterocycles. The molecule has 0 atom stereocenters. The zero-order valence-corrected chi connectivity index (χ0v) is 22.0. The van der Waals surface area contributed by atoms with Crippen LogP contribution in [0.2, 0.25) is 0 Å². The second-order valence-corrected chi connectivity index (χ2v) is 11.6. The Morgan fingerprint density at radius 3 is 2.24 bits per heavy atom. The lowest BCUT2D eigenvalue weighted by Gasteiger charge is -2.26. The standard InChI is InChI=1S/C23H27N5O7S2/c1-14(29)25-26-22(32)20-18-7-8-27(15(2)30)13-19(18)36-23(20)24-21(31)16-3-5-17(6-4-16)37(33,34)28-9-11-35-12-10-28/h3-6H,7-13H2,1-2H3,(H,24,31)(H,25,29)(H,26,32). The topological polar surface area (TPSA) is 154 Å². The number of carbonyl (C=O) groups excluding carboxylic acids is 4. The van der Waals surface area contributed by atoms with Crippen molar-refractivity contribution in [3.8, 4) is 0 Å². The van der Waals surface area contributed by atoms with E-state index in [1.807, 2.05) is 0 Å². The maximum Gasteiger partial charge on any atom is 0.272 e. The molecular formula is C23H27N5O7S2. The van der Waals surface area contributed by atoms with Crippen LogP contribution in [0.25, 0.3) is 0 Å². The number of nitrogens with one attached hydrogen (secondary N) is 3. The summed E-state index contributed by atoms with van der Waals surface area (Å²) in [4.78, 5) is 51.6. The number of fused-ring (bicyclic) bond motifs is 1. The number of anilines is 1. The number of amides is 4. The second-order valence-electron chi connectivity index (χ2n) is 8.53. The predicted molar refractivity (Wildman–Crippen MR) is 134 cm³/mol. The van der Waals surface area contributed by atoms with Crippen molar-refractivity contribution < 1.29 is 32.3 Å². The summed E-state index contributed by atoms with van der Waals surface area (Å²) in [5, 5.41) is 3.02. The van der Waals surface area contributed by atoms with Gasteiger partial charge in [0, 0.05) is 43.9 Å². The van der Waals surface area contributed by atoms with E-state index in [9.17, 15) is 27.6 Å². The fourth-order valence-electron chi connectivity index (χ4n) is 4.10. The Labute approximate surface area is 218 Å². The molecule has 1 aromatic heterocycles. The minimum Gasteiger partial charge on any atom is -0.379 e. The van der Waals surface area contributed by atoms with E-state index in [0.29, 0.717) is 38.3 Å². The first-order chi connectivity index (χ1) is 17.6. The van der Waals surface area contributed by atoms with Crippen molar-refractivity contribution in [3.63, 3.8) is 0 Å². The average Bonchev–Trinajstić information content (AvgIpc) is 3.24. The highest BCUT2D eigenvalue weighted by atomic mass is 32.2. The Kier molecular flexibility index (Phi) is 7.92. The molecule has 37 heavy (non-hydrogen) atoms. The molecule has 0 saturated carbocycles. The summed E-state index contributed by atoms with van der Waals surface area (Å²) in [6, 6.07) is 5.55. The van der Waals surface area contributed by atoms with Gasteiger partial charge < -0.3 is 15.0 Å². The molecule has 4 rings (SSSR count). The molecule has 14 heteroatoms. The van der Waals surface area contributed by atoms with Crippen LogP contribution in [0.3, 0.4) is 0 Å². The van der Waals surface area contributed by atoms with Crippen molar-refractivity contribution in [2.24, 2.45) is 0 Å². The number of hydrogen-bond donors (Lipinski definition) is 3. The summed E-state index contributed by atoms with van der Waals surface area (Å²) in [5.74, 6) is -1.68. The molecule has 0 spiro atoms. The van der Waals surface area contributed by atoms with Gasteiger partial charge in [-0.05, 0) is 36.2 Å². The zero-order valence-electron chi connectivity index (χ0n) is 20.3. The van der Waals surface area contributed by atoms with E-state index in [4.69, 9.17) is 4.74 Å². The third-order valence-corrected chi connectivity index (χ3v) is 9.08. The molecule has 12 nitrogen and oxygen atoms in total. The highest BCUT2D eigenvalue weighted by Crippen LogP contribution is 2.37. The summed E-state index contributed by atoms with van der Waals surface area (Å²) < 4.78 is 32.2. The lowest BCUT2D eigenvalue weighted by atomic mass is 10.0. The number of ether oxygens (including phenoxy) is 1. The summed E-state index contributed by atoms with van der Waals surface area (Å²) >= 11 is 1.18. The number of rotatable bonds is 5. The van der Waals surface area contributed by atoms with Gasteiger partial charge in [0.25, 0.3) is 11.8 Å². The summed E-state index contributed by atoms with van der Waals surface area (Å²) in [5.41, 5.74) is 5.70. The molecule has 0 radical (unpaired) electrons. The van der Waals surface area contributed by atoms with Crippen LogP contribution >= 0.6 is 11.3 Å². The molecule has 1 saturated heterocycles. The van der Waals surface area contributed by atoms with Gasteiger partial charge in [0.15, 0.2) is 0 Å². The van der Waals surface area contributed by atoms with Crippen molar-refractivity contribution in [1.82, 2.24) is 20.1 Å². The number of benzene rings is 1. The van der Waals surface area contributed by atoms with E-state index in [0.717, 1.165) is 4.88 Å². The van der Waals surface area contributed by atoms with Crippen LogP contribution in [0.15, 0.2) is 29.2 Å². The Balaban J connectivity index is 1.57. The smallest absolute Gasteiger partial charge is 0.272 e. The van der Waals surface area contributed by atoms with E-state index in [2.05, 4.69) is 16.2 Å². The maximum absolute atomic E-state index is 13.1. The van der Waals surface area contributed by atoms with Gasteiger partial charge in [-0.3, -0.25) is 30.0 Å². The van der Waals surface area contributed by atoms with Crippen LogP contribution < -0.4 is 16.2 Å². The molecule has 4 amide bonds. The second kappa shape index (κ2) is 11.0. The number of thiophene rings is 1. The van der Waals surface area contributed by atoms with Gasteiger partial charge in [0.2, 0.25) is 21.8 Å². The summed E-state index contributed by atoms with van der Waals surface area (Å²) in [7, 11) is -3.71. The quantitative estimate of drug-likeness (QED) is 0.464. The molecule has 1 aromatic carbocycles. The molecule has 2 aliphatic rings. The van der Waals surface area contributed by atoms with Crippen molar-refractivity contribution in [1.29, 1.82) is 0 Å². The average molecular weight is 550 g/mol. The van der Waals surface area contributed by atoms with Crippen molar-refractivity contribution in [2.45, 2.75) is 31.7 Å². The third-order valence-electron chi connectivity index (χ3n) is 6.03. The van der Waals surface area contributed by atoms with Gasteiger partial charge in [-0.15, -0.1) is 11.3 Å². The van der Waals surface area contributed by atoms with Gasteiger partial charge in [0.05, 0.1) is 30.2 Å². The highest BCUT2D eigenvalue weighted by Gasteiger charge is 2.30. The first kappa shape index (κ1) is 26.7. The van der Waals surface area contributed by atoms with E-state index >= 15 is 0 Å². The summed E-state index contributed by atoms with van der Waals surface area (Å²) in [6.07, 6.45) is 0.415. The Hall–Kier alpha value is -3.33. The predicted octanol–water partition coefficient (Wildman–Crippen LogP) is 0.707. The molecule has 0 aliphatic carbocycles. The molecule has 3 heterocycles. The minimum absolute atomic E-state index is 0.0669. The van der Waals surface area contributed by atoms with Gasteiger partial charge >= 0.3 is 0 Å². The molecule has 0 unspecified atom stereocenters. The fraction of sp³-hybridized carbons (Fsp3) is 0.391. The van der Waals surface area contributed by atoms with Crippen LogP contribution in [-0.2, 0) is 37.3 Å². The summed E-state index contributed by atoms with van der Waals surface area (Å²) in [6.45, 7) is 4.62. The van der Waals surface area contributed by atoms with Crippen LogP contribution in [0.5, 0.6) is 0 Å². The van der Waals surface area contributed by atoms with Gasteiger partial charge in [-0.2, -0.15) is 4.31 Å². The van der Waals surface area contributed by atoms with Crippen LogP contribution in [0.1, 0.15) is 45.0 Å². The minimum atomic E-state index is -3.71. The van der Waals surface area contributed by atoms with Crippen molar-refractivity contribution in [3.05, 3.63) is 45.8 Å². The van der Waals surface area contributed by atoms with E-state index in [1.54, 1.807) is 4.90 Å². The molecule has 1 fully saturated rings. The van der Waals surface area contributed by atoms with Crippen LogP contribution in [0, 0.1) is 0 Å². The number of carbonyl (C=O) groups is 4. The van der Waals surface area contributed by atoms with Crippen LogP contribution in [-0.4, -0.2) is 74.1 Å². The van der Waals surface area contributed by atoms with Crippen molar-refractivity contribution >= 4 is 50.0 Å². The zero-order chi connectivity index (χ0) is 26.7. The van der Waals surface area contributed by atoms with Gasteiger partial charge in [-0.25, -0.2) is 8.42 Å². The van der Waals surface area contributed by atoms with Gasteiger partial charge in [-0.1, -0.05) is 0 Å². The normalized spacial score (nSPS) is 16.0. The van der Waals surface area contributed by atoms with E-state index in [-0.39, 0.29) is 40.0 Å². The number of sulfonamides is 1. The fourth-order valence-corrected chi connectivity index (χ4v) is 6.76. The van der Waals surface area contributed by atoms with Gasteiger partial charge in [0.1, 0.15) is 5.00 Å². The molecule has 0 bridgehead atoms. The number of morpholine rings is 1. The molecule has 198 valence electrons. The molecular weight excluding hydrogens is 522 g/mol. The Morgan fingerprint density at radius 1 is 0.946 bits per heavy atom. The van der Waals surface area contributed by atoms with Crippen LogP contribution in [0.4, 0.5) is 5.00 Å². The Bertz CT molecular complexity index is 1330. The number of hydrogen-bond acceptors (Lipinski definition) is 8. The molecule has 2 aromatic rings. The van der Waals surface area contributed by atoms with Crippen molar-refractivity contribution in [2.75, 3.05) is 38.2 Å². The Morgan fingerprint density at radius 2 is 1.62 bits per heavy atom. The first-order valence-electron chi connectivity index (χ1n) is 11.5. The highest BCUT2D eigenvalue weighted by molar-refractivity contribution is 7.89. The SMILES string of the molecule is CC(=O)NNC(=O)c1c(NC(=O)c2ccc(S(=O)(=O)N3CCOCC3)cc2)sc2c1CCN(C(C)=O)C2. The molecule has 3 N–H and O–H groups in total. The third kappa shape index (κ3) is 5.82. The lowest BCUT2D eigenvalue weighted by molar-refractivity contribution is -0.129. The largest absolute Gasteiger partial charge is 0.379 e. The number of nitrogens with zero attached hydrogens (tertiary/aromatic N) is 2. The monoisotopic (exact) mass is 549 g/mol. The first-order valence-corrected chi connectivity index (χ1v) is 13.8. The maximum atomic E-state index is 13.1. The lowest BCUT2D eigenvalue weighted by Crippen LogP contribution is -2.41.